The van der Waals surface area contributed by atoms with Crippen LogP contribution in [-0.4, -0.2) is 42.1 Å². The Morgan fingerprint density at radius 2 is 1.94 bits per heavy atom. The van der Waals surface area contributed by atoms with Gasteiger partial charge in [-0.15, -0.1) is 0 Å². The van der Waals surface area contributed by atoms with E-state index in [4.69, 9.17) is 15.2 Å². The summed E-state index contributed by atoms with van der Waals surface area (Å²) in [4.78, 5) is 4.28. The Balaban J connectivity index is 1.93. The maximum absolute atomic E-state index is 14.7. The number of nitrogens with two attached hydrogens (primary N) is 1. The number of anilines is 1. The van der Waals surface area contributed by atoms with Gasteiger partial charge in [0.2, 0.25) is 0 Å². The molecule has 0 unspecified atom stereocenters. The van der Waals surface area contributed by atoms with Gasteiger partial charge >= 0.3 is 0 Å². The summed E-state index contributed by atoms with van der Waals surface area (Å²) in [5.41, 5.74) is 7.88. The Kier molecular flexibility index (Phi) is 5.65. The lowest BCUT2D eigenvalue weighted by Gasteiger charge is -2.12. The Labute approximate surface area is 178 Å². The Morgan fingerprint density at radius 1 is 1.23 bits per heavy atom. The zero-order chi connectivity index (χ0) is 22.1. The molecule has 31 heavy (non-hydrogen) atoms. The van der Waals surface area contributed by atoms with Gasteiger partial charge < -0.3 is 20.5 Å². The highest BCUT2D eigenvalue weighted by atomic mass is 19.1. The topological polar surface area (TPSA) is 87.2 Å². The van der Waals surface area contributed by atoms with Gasteiger partial charge in [0.1, 0.15) is 17.1 Å². The minimum atomic E-state index is -0.905. The van der Waals surface area contributed by atoms with Gasteiger partial charge in [-0.05, 0) is 30.9 Å². The van der Waals surface area contributed by atoms with Crippen molar-refractivity contribution in [2.75, 3.05) is 33.0 Å². The molecule has 1 aliphatic heterocycles. The fourth-order valence-electron chi connectivity index (χ4n) is 3.83. The van der Waals surface area contributed by atoms with Crippen molar-refractivity contribution in [3.63, 3.8) is 0 Å². The zero-order valence-electron chi connectivity index (χ0n) is 17.6. The fourth-order valence-corrected chi connectivity index (χ4v) is 3.83. The number of aryl methyl sites for hydroxylation is 1. The molecule has 0 radical (unpaired) electrons. The van der Waals surface area contributed by atoms with E-state index in [1.54, 1.807) is 6.20 Å². The first-order valence-electron chi connectivity index (χ1n) is 9.98. The van der Waals surface area contributed by atoms with Crippen LogP contribution in [0.5, 0.6) is 11.5 Å². The second kappa shape index (κ2) is 8.40. The maximum atomic E-state index is 14.7. The molecule has 162 valence electrons. The average molecular weight is 427 g/mol. The zero-order valence-corrected chi connectivity index (χ0v) is 17.6. The first kappa shape index (κ1) is 20.9. The third-order valence-corrected chi connectivity index (χ3v) is 5.47. The summed E-state index contributed by atoms with van der Waals surface area (Å²) in [6.07, 6.45) is 3.38. The second-order valence-corrected chi connectivity index (χ2v) is 7.22. The highest BCUT2D eigenvalue weighted by molar-refractivity contribution is 5.95. The molecule has 0 bridgehead atoms. The van der Waals surface area contributed by atoms with Gasteiger partial charge in [-0.25, -0.2) is 13.8 Å². The SMILES string of the molecule is CCc1cnc(N)c2c(C#Cc3c(F)c(OC)cc(OC)c3F)nn([C@H]3CCNC3)c12. The van der Waals surface area contributed by atoms with Gasteiger partial charge in [0.15, 0.2) is 23.1 Å². The summed E-state index contributed by atoms with van der Waals surface area (Å²) in [5.74, 6) is 3.52. The summed E-state index contributed by atoms with van der Waals surface area (Å²) in [7, 11) is 2.58. The molecular formula is C22H23F2N5O2. The van der Waals surface area contributed by atoms with Crippen molar-refractivity contribution >= 4 is 16.7 Å². The highest BCUT2D eigenvalue weighted by Crippen LogP contribution is 2.32. The minimum absolute atomic E-state index is 0.135. The minimum Gasteiger partial charge on any atom is -0.493 e. The summed E-state index contributed by atoms with van der Waals surface area (Å²) < 4.78 is 41.3. The summed E-state index contributed by atoms with van der Waals surface area (Å²) in [5, 5.41) is 8.59. The standard InChI is InChI=1S/C22H23F2N5O2/c1-4-12-10-27-22(25)18-15(28-29(21(12)18)13-7-8-26-11-13)6-5-14-19(23)16(30-2)9-17(31-3)20(14)24/h9-10,13,26H,4,7-8,11H2,1-3H3,(H2,25,27)/t13-/m0/s1. The molecule has 0 spiro atoms. The fraction of sp³-hybridized carbons (Fsp3) is 0.364. The number of fused-ring (bicyclic) bond motifs is 1. The van der Waals surface area contributed by atoms with Crippen molar-refractivity contribution in [3.8, 4) is 23.3 Å². The van der Waals surface area contributed by atoms with E-state index in [1.165, 1.54) is 14.2 Å². The quantitative estimate of drug-likeness (QED) is 0.623. The summed E-state index contributed by atoms with van der Waals surface area (Å²) >= 11 is 0. The lowest BCUT2D eigenvalue weighted by Crippen LogP contribution is -2.15. The molecule has 1 aliphatic rings. The maximum Gasteiger partial charge on any atom is 0.183 e. The van der Waals surface area contributed by atoms with Crippen LogP contribution < -0.4 is 20.5 Å². The van der Waals surface area contributed by atoms with E-state index in [0.717, 1.165) is 43.1 Å². The number of benzene rings is 1. The van der Waals surface area contributed by atoms with Gasteiger partial charge in [-0.1, -0.05) is 12.8 Å². The number of nitrogens with zero attached hydrogens (tertiary/aromatic N) is 3. The van der Waals surface area contributed by atoms with Gasteiger partial charge in [0.25, 0.3) is 0 Å². The molecule has 0 amide bonds. The van der Waals surface area contributed by atoms with Gasteiger partial charge in [0.05, 0.1) is 31.2 Å². The number of nitrogen functional groups attached to an aromatic ring is 1. The van der Waals surface area contributed by atoms with Crippen LogP contribution >= 0.6 is 0 Å². The van der Waals surface area contributed by atoms with E-state index in [2.05, 4.69) is 27.2 Å². The van der Waals surface area contributed by atoms with Crippen LogP contribution in [-0.2, 0) is 6.42 Å². The van der Waals surface area contributed by atoms with Crippen molar-refractivity contribution in [3.05, 3.63) is 40.7 Å². The van der Waals surface area contributed by atoms with E-state index in [9.17, 15) is 8.78 Å². The molecule has 1 atom stereocenters. The third kappa shape index (κ3) is 3.53. The van der Waals surface area contributed by atoms with Crippen molar-refractivity contribution in [1.29, 1.82) is 0 Å². The monoisotopic (exact) mass is 427 g/mol. The van der Waals surface area contributed by atoms with E-state index in [1.807, 2.05) is 11.6 Å². The Bertz CT molecular complexity index is 1180. The van der Waals surface area contributed by atoms with Crippen LogP contribution in [0.25, 0.3) is 10.9 Å². The van der Waals surface area contributed by atoms with Crippen LogP contribution in [0.2, 0.25) is 0 Å². The van der Waals surface area contributed by atoms with Gasteiger partial charge in [-0.3, -0.25) is 4.68 Å². The molecular weight excluding hydrogens is 404 g/mol. The molecule has 1 saturated heterocycles. The number of hydrogen-bond donors (Lipinski definition) is 2. The summed E-state index contributed by atoms with van der Waals surface area (Å²) in [6, 6.07) is 1.28. The largest absolute Gasteiger partial charge is 0.493 e. The number of rotatable bonds is 4. The van der Waals surface area contributed by atoms with Gasteiger partial charge in [-0.2, -0.15) is 5.10 Å². The number of hydrogen-bond acceptors (Lipinski definition) is 6. The highest BCUT2D eigenvalue weighted by Gasteiger charge is 2.24. The molecule has 7 nitrogen and oxygen atoms in total. The molecule has 3 heterocycles. The first-order chi connectivity index (χ1) is 15.0. The number of aromatic nitrogens is 3. The number of pyridine rings is 1. The van der Waals surface area contributed by atoms with Crippen LogP contribution in [0.1, 0.15) is 36.2 Å². The summed E-state index contributed by atoms with van der Waals surface area (Å²) in [6.45, 7) is 3.68. The normalized spacial score (nSPS) is 15.7. The number of nitrogens with one attached hydrogen (secondary N) is 1. The van der Waals surface area contributed by atoms with Crippen molar-refractivity contribution in [2.24, 2.45) is 0 Å². The lowest BCUT2D eigenvalue weighted by atomic mass is 10.1. The predicted molar refractivity (Wildman–Crippen MR) is 113 cm³/mol. The van der Waals surface area contributed by atoms with Crippen LogP contribution in [0.15, 0.2) is 12.3 Å². The van der Waals surface area contributed by atoms with Crippen molar-refractivity contribution < 1.29 is 18.3 Å². The smallest absolute Gasteiger partial charge is 0.183 e. The molecule has 2 aromatic heterocycles. The Morgan fingerprint density at radius 3 is 2.52 bits per heavy atom. The molecule has 3 aromatic rings. The number of halogens is 2. The van der Waals surface area contributed by atoms with E-state index in [-0.39, 0.29) is 23.4 Å². The van der Waals surface area contributed by atoms with Crippen LogP contribution in [0.4, 0.5) is 14.6 Å². The second-order valence-electron chi connectivity index (χ2n) is 7.22. The van der Waals surface area contributed by atoms with Crippen LogP contribution in [0.3, 0.4) is 0 Å². The third-order valence-electron chi connectivity index (χ3n) is 5.47. The van der Waals surface area contributed by atoms with E-state index in [0.29, 0.717) is 11.1 Å². The van der Waals surface area contributed by atoms with Crippen LogP contribution in [0, 0.1) is 23.5 Å². The number of ether oxygens (including phenoxy) is 2. The number of methoxy groups -OCH3 is 2. The molecule has 1 fully saturated rings. The molecule has 4 rings (SSSR count). The predicted octanol–water partition coefficient (Wildman–Crippen LogP) is 2.81. The van der Waals surface area contributed by atoms with E-state index < -0.39 is 17.2 Å². The van der Waals surface area contributed by atoms with E-state index >= 15 is 0 Å². The average Bonchev–Trinajstić information content (AvgIpc) is 3.43. The van der Waals surface area contributed by atoms with Gasteiger partial charge in [0, 0.05) is 18.8 Å². The van der Waals surface area contributed by atoms with Crippen molar-refractivity contribution in [1.82, 2.24) is 20.1 Å². The molecule has 0 saturated carbocycles. The Hall–Kier alpha value is -3.38. The molecule has 9 heteroatoms. The van der Waals surface area contributed by atoms with Crippen molar-refractivity contribution in [2.45, 2.75) is 25.8 Å². The lowest BCUT2D eigenvalue weighted by molar-refractivity contribution is 0.357. The molecule has 3 N–H and O–H groups in total. The first-order valence-corrected chi connectivity index (χ1v) is 9.98. The molecule has 0 aliphatic carbocycles. The molecule has 1 aromatic carbocycles.